The molecule has 1 heterocycles. The Kier molecular flexibility index (Phi) is 3.47. The molecular weight excluding hydrogens is 282 g/mol. The van der Waals surface area contributed by atoms with Crippen LogP contribution in [0, 0.1) is 0 Å². The van der Waals surface area contributed by atoms with Crippen LogP contribution >= 0.6 is 0 Å². The topological polar surface area (TPSA) is 72.5 Å². The van der Waals surface area contributed by atoms with E-state index in [9.17, 15) is 14.4 Å². The van der Waals surface area contributed by atoms with Gasteiger partial charge in [0, 0.05) is 0 Å². The zero-order valence-electron chi connectivity index (χ0n) is 11.8. The standard InChI is InChI=1S/C17H13NO4/c1-22-13-8-6-11(7-9-13)10-2-4-12(5-3-10)14-15(19)17(21)18-16(14)20/h2-9,14H,1H3,(H,18,20,21). The molecule has 2 amide bonds. The summed E-state index contributed by atoms with van der Waals surface area (Å²) in [4.78, 5) is 34.6. The predicted octanol–water partition coefficient (Wildman–Crippen LogP) is 1.67. The van der Waals surface area contributed by atoms with Gasteiger partial charge in [0.25, 0.3) is 5.91 Å². The van der Waals surface area contributed by atoms with Gasteiger partial charge >= 0.3 is 0 Å². The van der Waals surface area contributed by atoms with Gasteiger partial charge in [-0.25, -0.2) is 0 Å². The lowest BCUT2D eigenvalue weighted by molar-refractivity contribution is -0.135. The lowest BCUT2D eigenvalue weighted by Crippen LogP contribution is -2.22. The van der Waals surface area contributed by atoms with Crippen molar-refractivity contribution in [2.45, 2.75) is 5.92 Å². The van der Waals surface area contributed by atoms with Gasteiger partial charge in [0.15, 0.2) is 0 Å². The maximum Gasteiger partial charge on any atom is 0.295 e. The third-order valence-corrected chi connectivity index (χ3v) is 3.65. The fourth-order valence-electron chi connectivity index (χ4n) is 2.45. The highest BCUT2D eigenvalue weighted by Crippen LogP contribution is 2.26. The molecule has 0 spiro atoms. The molecule has 0 bridgehead atoms. The van der Waals surface area contributed by atoms with Crippen LogP contribution in [0.15, 0.2) is 48.5 Å². The number of rotatable bonds is 3. The van der Waals surface area contributed by atoms with Crippen molar-refractivity contribution < 1.29 is 19.1 Å². The third kappa shape index (κ3) is 2.37. The Bertz CT molecular complexity index is 747. The zero-order valence-corrected chi connectivity index (χ0v) is 11.8. The SMILES string of the molecule is COc1ccc(-c2ccc(C3C(=O)NC(=O)C3=O)cc2)cc1. The number of hydrogen-bond acceptors (Lipinski definition) is 4. The molecule has 1 aliphatic rings. The van der Waals surface area contributed by atoms with Crippen molar-refractivity contribution in [3.63, 3.8) is 0 Å². The summed E-state index contributed by atoms with van der Waals surface area (Å²) >= 11 is 0. The molecule has 22 heavy (non-hydrogen) atoms. The predicted molar refractivity (Wildman–Crippen MR) is 79.3 cm³/mol. The summed E-state index contributed by atoms with van der Waals surface area (Å²) < 4.78 is 5.11. The maximum atomic E-state index is 11.7. The summed E-state index contributed by atoms with van der Waals surface area (Å²) in [6.07, 6.45) is 0. The van der Waals surface area contributed by atoms with E-state index >= 15 is 0 Å². The van der Waals surface area contributed by atoms with Crippen LogP contribution in [0.1, 0.15) is 11.5 Å². The molecule has 0 aromatic heterocycles. The number of amides is 2. The van der Waals surface area contributed by atoms with Gasteiger partial charge in [0.1, 0.15) is 11.7 Å². The Morgan fingerprint density at radius 3 is 1.86 bits per heavy atom. The van der Waals surface area contributed by atoms with Crippen LogP contribution in [0.2, 0.25) is 0 Å². The molecule has 0 radical (unpaired) electrons. The monoisotopic (exact) mass is 295 g/mol. The molecule has 1 atom stereocenters. The summed E-state index contributed by atoms with van der Waals surface area (Å²) in [7, 11) is 1.61. The summed E-state index contributed by atoms with van der Waals surface area (Å²) in [5.74, 6) is -2.37. The summed E-state index contributed by atoms with van der Waals surface area (Å²) in [5, 5.41) is 2.03. The minimum absolute atomic E-state index is 0.519. The highest BCUT2D eigenvalue weighted by Gasteiger charge is 2.41. The van der Waals surface area contributed by atoms with E-state index in [1.54, 1.807) is 19.2 Å². The first-order valence-corrected chi connectivity index (χ1v) is 6.73. The molecule has 2 aromatic rings. The molecule has 110 valence electrons. The normalized spacial score (nSPS) is 17.5. The van der Waals surface area contributed by atoms with E-state index in [1.165, 1.54) is 0 Å². The lowest BCUT2D eigenvalue weighted by atomic mass is 9.94. The Morgan fingerprint density at radius 1 is 0.864 bits per heavy atom. The molecule has 5 heteroatoms. The highest BCUT2D eigenvalue weighted by atomic mass is 16.5. The van der Waals surface area contributed by atoms with Gasteiger partial charge in [-0.05, 0) is 28.8 Å². The van der Waals surface area contributed by atoms with E-state index in [-0.39, 0.29) is 0 Å². The van der Waals surface area contributed by atoms with Crippen molar-refractivity contribution >= 4 is 17.6 Å². The number of carbonyl (C=O) groups excluding carboxylic acids is 3. The number of ether oxygens (including phenoxy) is 1. The van der Waals surface area contributed by atoms with Crippen LogP contribution in [0.3, 0.4) is 0 Å². The summed E-state index contributed by atoms with van der Waals surface area (Å²) in [6, 6.07) is 14.6. The average Bonchev–Trinajstić information content (AvgIpc) is 2.80. The molecule has 0 saturated carbocycles. The zero-order chi connectivity index (χ0) is 15.7. The fraction of sp³-hybridized carbons (Fsp3) is 0.118. The van der Waals surface area contributed by atoms with Crippen LogP contribution in [-0.4, -0.2) is 24.7 Å². The van der Waals surface area contributed by atoms with E-state index in [0.717, 1.165) is 16.9 Å². The first kappa shape index (κ1) is 14.0. The molecule has 2 aromatic carbocycles. The van der Waals surface area contributed by atoms with Crippen molar-refractivity contribution in [3.8, 4) is 16.9 Å². The molecular formula is C17H13NO4. The molecule has 3 rings (SSSR count). The molecule has 1 aliphatic heterocycles. The lowest BCUT2D eigenvalue weighted by Gasteiger charge is -2.08. The minimum atomic E-state index is -1.03. The Balaban J connectivity index is 1.88. The van der Waals surface area contributed by atoms with Crippen LogP contribution in [-0.2, 0) is 14.4 Å². The molecule has 1 unspecified atom stereocenters. The second kappa shape index (κ2) is 5.44. The first-order chi connectivity index (χ1) is 10.6. The van der Waals surface area contributed by atoms with Gasteiger partial charge in [-0.2, -0.15) is 0 Å². The molecule has 0 aliphatic carbocycles. The van der Waals surface area contributed by atoms with E-state index in [0.29, 0.717) is 5.56 Å². The number of nitrogens with one attached hydrogen (secondary N) is 1. The number of methoxy groups -OCH3 is 1. The highest BCUT2D eigenvalue weighted by molar-refractivity contribution is 6.50. The van der Waals surface area contributed by atoms with Gasteiger partial charge in [-0.3, -0.25) is 19.7 Å². The van der Waals surface area contributed by atoms with Crippen LogP contribution in [0.5, 0.6) is 5.75 Å². The van der Waals surface area contributed by atoms with Gasteiger partial charge in [0.05, 0.1) is 7.11 Å². The van der Waals surface area contributed by atoms with Crippen molar-refractivity contribution in [1.82, 2.24) is 5.32 Å². The largest absolute Gasteiger partial charge is 0.497 e. The molecule has 1 N–H and O–H groups in total. The second-order valence-corrected chi connectivity index (χ2v) is 4.97. The quantitative estimate of drug-likeness (QED) is 0.531. The fourth-order valence-corrected chi connectivity index (χ4v) is 2.45. The third-order valence-electron chi connectivity index (χ3n) is 3.65. The molecule has 1 fully saturated rings. The van der Waals surface area contributed by atoms with E-state index in [4.69, 9.17) is 4.74 Å². The smallest absolute Gasteiger partial charge is 0.295 e. The van der Waals surface area contributed by atoms with Gasteiger partial charge in [-0.1, -0.05) is 36.4 Å². The minimum Gasteiger partial charge on any atom is -0.497 e. The first-order valence-electron chi connectivity index (χ1n) is 6.73. The number of hydrogen-bond donors (Lipinski definition) is 1. The number of carbonyl (C=O) groups is 3. The summed E-state index contributed by atoms with van der Waals surface area (Å²) in [5.41, 5.74) is 2.46. The van der Waals surface area contributed by atoms with Gasteiger partial charge < -0.3 is 4.74 Å². The van der Waals surface area contributed by atoms with Crippen molar-refractivity contribution in [2.24, 2.45) is 0 Å². The number of ketones is 1. The van der Waals surface area contributed by atoms with Crippen LogP contribution in [0.25, 0.3) is 11.1 Å². The van der Waals surface area contributed by atoms with E-state index in [2.05, 4.69) is 0 Å². The summed E-state index contributed by atoms with van der Waals surface area (Å²) in [6.45, 7) is 0. The van der Waals surface area contributed by atoms with E-state index in [1.807, 2.05) is 41.7 Å². The second-order valence-electron chi connectivity index (χ2n) is 4.97. The maximum absolute atomic E-state index is 11.7. The van der Waals surface area contributed by atoms with Crippen LogP contribution < -0.4 is 10.1 Å². The van der Waals surface area contributed by atoms with Crippen LogP contribution in [0.4, 0.5) is 0 Å². The number of imide groups is 1. The molecule has 5 nitrogen and oxygen atoms in total. The Hall–Kier alpha value is -2.95. The van der Waals surface area contributed by atoms with Gasteiger partial charge in [0.2, 0.25) is 11.7 Å². The van der Waals surface area contributed by atoms with Crippen molar-refractivity contribution in [1.29, 1.82) is 0 Å². The van der Waals surface area contributed by atoms with Crippen molar-refractivity contribution in [3.05, 3.63) is 54.1 Å². The Labute approximate surface area is 126 Å². The number of benzene rings is 2. The molecule has 1 saturated heterocycles. The number of Topliss-reactive ketones (excluding diaryl/α,β-unsaturated/α-hetero) is 1. The van der Waals surface area contributed by atoms with Crippen molar-refractivity contribution in [2.75, 3.05) is 7.11 Å². The van der Waals surface area contributed by atoms with Gasteiger partial charge in [-0.15, -0.1) is 0 Å². The van der Waals surface area contributed by atoms with E-state index < -0.39 is 23.5 Å². The average molecular weight is 295 g/mol. The Morgan fingerprint density at radius 2 is 1.41 bits per heavy atom.